The summed E-state index contributed by atoms with van der Waals surface area (Å²) in [5, 5.41) is 0.621. The van der Waals surface area contributed by atoms with Gasteiger partial charge < -0.3 is 4.74 Å². The van der Waals surface area contributed by atoms with Crippen LogP contribution in [0.15, 0.2) is 14.1 Å². The van der Waals surface area contributed by atoms with Crippen LogP contribution in [0.25, 0.3) is 0 Å². The van der Waals surface area contributed by atoms with E-state index in [9.17, 15) is 8.42 Å². The molecule has 1 aromatic heterocycles. The van der Waals surface area contributed by atoms with E-state index >= 15 is 0 Å². The fraction of sp³-hybridized carbons (Fsp3) is 0.667. The number of sulfonamides is 1. The SMILES string of the molecule is Cc1cc(S(=O)(=O)N2CC(CBr)OC(C)(C)C2)sc1Br. The lowest BCUT2D eigenvalue weighted by Gasteiger charge is -2.41. The molecule has 0 aromatic carbocycles. The van der Waals surface area contributed by atoms with Crippen molar-refractivity contribution in [2.24, 2.45) is 0 Å². The molecule has 1 saturated heterocycles. The predicted octanol–water partition coefficient (Wildman–Crippen LogP) is 3.38. The first-order valence-corrected chi connectivity index (χ1v) is 10.3. The van der Waals surface area contributed by atoms with E-state index in [4.69, 9.17) is 4.74 Å². The number of halogens is 2. The number of hydrogen-bond acceptors (Lipinski definition) is 4. The second-order valence-electron chi connectivity index (χ2n) is 5.47. The third kappa shape index (κ3) is 3.47. The molecule has 0 spiro atoms. The van der Waals surface area contributed by atoms with E-state index in [0.717, 1.165) is 9.35 Å². The molecule has 0 N–H and O–H groups in total. The molecule has 1 aliphatic heterocycles. The van der Waals surface area contributed by atoms with Crippen LogP contribution in [0, 0.1) is 6.92 Å². The molecule has 1 aliphatic rings. The zero-order chi connectivity index (χ0) is 15.1. The molecule has 8 heteroatoms. The quantitative estimate of drug-likeness (QED) is 0.668. The lowest BCUT2D eigenvalue weighted by Crippen LogP contribution is -2.54. The minimum atomic E-state index is -3.46. The number of ether oxygens (including phenoxy) is 1. The molecule has 114 valence electrons. The smallest absolute Gasteiger partial charge is 0.252 e. The first-order valence-electron chi connectivity index (χ1n) is 6.15. The zero-order valence-corrected chi connectivity index (χ0v) is 16.3. The second kappa shape index (κ2) is 5.96. The Kier molecular flexibility index (Phi) is 5.04. The Hall–Kier alpha value is 0.530. The normalized spacial score (nSPS) is 23.9. The minimum absolute atomic E-state index is 0.127. The largest absolute Gasteiger partial charge is 0.369 e. The van der Waals surface area contributed by atoms with Gasteiger partial charge in [0.15, 0.2) is 0 Å². The van der Waals surface area contributed by atoms with Crippen molar-refractivity contribution in [2.45, 2.75) is 36.7 Å². The van der Waals surface area contributed by atoms with E-state index in [0.29, 0.717) is 22.6 Å². The third-order valence-electron chi connectivity index (χ3n) is 3.05. The van der Waals surface area contributed by atoms with Gasteiger partial charge in [0.2, 0.25) is 0 Å². The van der Waals surface area contributed by atoms with Gasteiger partial charge in [0.25, 0.3) is 10.0 Å². The van der Waals surface area contributed by atoms with Crippen molar-refractivity contribution in [2.75, 3.05) is 18.4 Å². The summed E-state index contributed by atoms with van der Waals surface area (Å²) < 4.78 is 34.1. The second-order valence-corrected chi connectivity index (χ2v) is 10.7. The molecule has 0 aliphatic carbocycles. The molecule has 1 fully saturated rings. The standard InChI is InChI=1S/C12H17Br2NO3S2/c1-8-4-10(19-11(8)14)20(16,17)15-6-9(5-13)18-12(2,3)7-15/h4,9H,5-7H2,1-3H3. The summed E-state index contributed by atoms with van der Waals surface area (Å²) in [4.78, 5) is 0. The maximum absolute atomic E-state index is 12.7. The maximum Gasteiger partial charge on any atom is 0.252 e. The fourth-order valence-corrected chi connectivity index (χ4v) is 6.53. The first-order chi connectivity index (χ1) is 9.15. The van der Waals surface area contributed by atoms with E-state index in [-0.39, 0.29) is 6.10 Å². The summed E-state index contributed by atoms with van der Waals surface area (Å²) in [6, 6.07) is 1.72. The molecule has 1 aromatic rings. The van der Waals surface area contributed by atoms with Crippen LogP contribution in [0.3, 0.4) is 0 Å². The summed E-state index contributed by atoms with van der Waals surface area (Å²) in [5.74, 6) is 0. The van der Waals surface area contributed by atoms with Crippen molar-refractivity contribution < 1.29 is 13.2 Å². The molecule has 2 rings (SSSR count). The molecule has 1 unspecified atom stereocenters. The first kappa shape index (κ1) is 16.9. The van der Waals surface area contributed by atoms with Crippen molar-refractivity contribution in [3.63, 3.8) is 0 Å². The Morgan fingerprint density at radius 2 is 2.20 bits per heavy atom. The van der Waals surface area contributed by atoms with Gasteiger partial charge in [-0.2, -0.15) is 4.31 Å². The van der Waals surface area contributed by atoms with Crippen molar-refractivity contribution in [3.8, 4) is 0 Å². The van der Waals surface area contributed by atoms with Gasteiger partial charge in [0, 0.05) is 18.4 Å². The molecule has 0 radical (unpaired) electrons. The van der Waals surface area contributed by atoms with E-state index in [1.54, 1.807) is 6.07 Å². The minimum Gasteiger partial charge on any atom is -0.369 e. The van der Waals surface area contributed by atoms with E-state index < -0.39 is 15.6 Å². The molecule has 0 saturated carbocycles. The van der Waals surface area contributed by atoms with Crippen LogP contribution in [-0.2, 0) is 14.8 Å². The molecule has 0 bridgehead atoms. The van der Waals surface area contributed by atoms with Gasteiger partial charge in [-0.1, -0.05) is 15.9 Å². The van der Waals surface area contributed by atoms with Crippen LogP contribution in [-0.4, -0.2) is 42.8 Å². The highest BCUT2D eigenvalue weighted by Crippen LogP contribution is 2.34. The summed E-state index contributed by atoms with van der Waals surface area (Å²) >= 11 is 8.02. The summed E-state index contributed by atoms with van der Waals surface area (Å²) in [7, 11) is -3.46. The Labute approximate surface area is 140 Å². The Balaban J connectivity index is 2.33. The Morgan fingerprint density at radius 1 is 1.55 bits per heavy atom. The highest BCUT2D eigenvalue weighted by molar-refractivity contribution is 9.11. The van der Waals surface area contributed by atoms with Crippen LogP contribution >= 0.6 is 43.2 Å². The van der Waals surface area contributed by atoms with Crippen LogP contribution < -0.4 is 0 Å². The molecule has 2 heterocycles. The van der Waals surface area contributed by atoms with Crippen molar-refractivity contribution in [3.05, 3.63) is 15.4 Å². The number of nitrogens with zero attached hydrogens (tertiary/aromatic N) is 1. The number of morpholine rings is 1. The fourth-order valence-electron chi connectivity index (χ4n) is 2.19. The molecular weight excluding hydrogens is 430 g/mol. The topological polar surface area (TPSA) is 46.6 Å². The summed E-state index contributed by atoms with van der Waals surface area (Å²) in [6.07, 6.45) is -0.127. The zero-order valence-electron chi connectivity index (χ0n) is 11.5. The van der Waals surface area contributed by atoms with Gasteiger partial charge in [-0.3, -0.25) is 0 Å². The average molecular weight is 447 g/mol. The van der Waals surface area contributed by atoms with Crippen molar-refractivity contribution in [1.29, 1.82) is 0 Å². The highest BCUT2D eigenvalue weighted by Gasteiger charge is 2.39. The molecule has 1 atom stereocenters. The molecular formula is C12H17Br2NO3S2. The monoisotopic (exact) mass is 445 g/mol. The Bertz CT molecular complexity index is 578. The van der Waals surface area contributed by atoms with Crippen LogP contribution in [0.5, 0.6) is 0 Å². The maximum atomic E-state index is 12.7. The van der Waals surface area contributed by atoms with Crippen LogP contribution in [0.1, 0.15) is 19.4 Å². The van der Waals surface area contributed by atoms with Crippen molar-refractivity contribution in [1.82, 2.24) is 4.31 Å². The lowest BCUT2D eigenvalue weighted by atomic mass is 10.1. The van der Waals surface area contributed by atoms with Gasteiger partial charge in [0.1, 0.15) is 4.21 Å². The van der Waals surface area contributed by atoms with Gasteiger partial charge in [-0.15, -0.1) is 11.3 Å². The third-order valence-corrected chi connectivity index (χ3v) is 8.17. The van der Waals surface area contributed by atoms with Gasteiger partial charge in [0.05, 0.1) is 15.5 Å². The molecule has 4 nitrogen and oxygen atoms in total. The average Bonchev–Trinajstić information content (AvgIpc) is 2.68. The number of hydrogen-bond donors (Lipinski definition) is 0. The van der Waals surface area contributed by atoms with Crippen LogP contribution in [0.2, 0.25) is 0 Å². The molecule has 0 amide bonds. The summed E-state index contributed by atoms with van der Waals surface area (Å²) in [6.45, 7) is 6.48. The van der Waals surface area contributed by atoms with E-state index in [2.05, 4.69) is 31.9 Å². The number of aryl methyl sites for hydroxylation is 1. The van der Waals surface area contributed by atoms with Gasteiger partial charge in [-0.05, 0) is 48.3 Å². The van der Waals surface area contributed by atoms with E-state index in [1.165, 1.54) is 15.6 Å². The molecule has 20 heavy (non-hydrogen) atoms. The van der Waals surface area contributed by atoms with Gasteiger partial charge >= 0.3 is 0 Å². The van der Waals surface area contributed by atoms with Crippen molar-refractivity contribution >= 4 is 53.2 Å². The number of rotatable bonds is 3. The number of alkyl halides is 1. The Morgan fingerprint density at radius 3 is 2.70 bits per heavy atom. The number of thiophene rings is 1. The predicted molar refractivity (Wildman–Crippen MR) is 88.3 cm³/mol. The van der Waals surface area contributed by atoms with E-state index in [1.807, 2.05) is 20.8 Å². The highest BCUT2D eigenvalue weighted by atomic mass is 79.9. The van der Waals surface area contributed by atoms with Gasteiger partial charge in [-0.25, -0.2) is 8.42 Å². The van der Waals surface area contributed by atoms with Crippen LogP contribution in [0.4, 0.5) is 0 Å². The lowest BCUT2D eigenvalue weighted by molar-refractivity contribution is -0.106. The summed E-state index contributed by atoms with van der Waals surface area (Å²) in [5.41, 5.74) is 0.464.